The van der Waals surface area contributed by atoms with Crippen molar-refractivity contribution in [3.63, 3.8) is 0 Å². The monoisotopic (exact) mass is 260 g/mol. The second kappa shape index (κ2) is 4.20. The largest absolute Gasteiger partial charge is 0.347 e. The summed E-state index contributed by atoms with van der Waals surface area (Å²) < 4.78 is 12.3. The van der Waals surface area contributed by atoms with Crippen molar-refractivity contribution in [2.75, 3.05) is 13.2 Å². The molecule has 2 heteroatoms. The Morgan fingerprint density at radius 3 is 2.89 bits per heavy atom. The normalized spacial score (nSPS) is 45.4. The molecule has 0 radical (unpaired) electrons. The van der Waals surface area contributed by atoms with Gasteiger partial charge in [-0.05, 0) is 49.5 Å². The average Bonchev–Trinajstić information content (AvgIpc) is 3.06. The van der Waals surface area contributed by atoms with E-state index in [9.17, 15) is 0 Å². The maximum Gasteiger partial charge on any atom is 0.174 e. The average molecular weight is 260 g/mol. The molecule has 19 heavy (non-hydrogen) atoms. The molecule has 0 aromatic rings. The zero-order valence-corrected chi connectivity index (χ0v) is 11.9. The van der Waals surface area contributed by atoms with Gasteiger partial charge in [-0.2, -0.15) is 0 Å². The van der Waals surface area contributed by atoms with Gasteiger partial charge in [0.2, 0.25) is 0 Å². The number of fused-ring (bicyclic) bond motifs is 3. The molecule has 1 spiro atoms. The van der Waals surface area contributed by atoms with Crippen LogP contribution in [-0.2, 0) is 9.47 Å². The summed E-state index contributed by atoms with van der Waals surface area (Å²) in [5, 5.41) is 0. The maximum atomic E-state index is 6.15. The summed E-state index contributed by atoms with van der Waals surface area (Å²) in [5.74, 6) is 1.19. The molecular formula is C17H24O2. The van der Waals surface area contributed by atoms with E-state index in [0.717, 1.165) is 31.5 Å². The van der Waals surface area contributed by atoms with Crippen LogP contribution in [0, 0.1) is 17.3 Å². The Labute approximate surface area is 115 Å². The topological polar surface area (TPSA) is 18.5 Å². The molecule has 1 aliphatic heterocycles. The van der Waals surface area contributed by atoms with Crippen molar-refractivity contribution in [2.45, 2.75) is 51.2 Å². The van der Waals surface area contributed by atoms with Gasteiger partial charge in [0.05, 0.1) is 13.2 Å². The van der Waals surface area contributed by atoms with Gasteiger partial charge in [-0.3, -0.25) is 0 Å². The van der Waals surface area contributed by atoms with E-state index in [-0.39, 0.29) is 11.2 Å². The molecule has 1 saturated heterocycles. The standard InChI is InChI=1S/C17H24O2/c1-16-12-14-6-2-4-13(14)5-3-7-15(16)8-9-17(16)18-10-11-19-17/h3-5,14-15H,2,6-12H2,1H3/b5-3-/t14?,15-,16+/m0/s1. The molecule has 1 saturated carbocycles. The molecule has 4 rings (SSSR count). The molecule has 104 valence electrons. The van der Waals surface area contributed by atoms with Gasteiger partial charge in [-0.25, -0.2) is 0 Å². The number of ether oxygens (including phenoxy) is 2. The van der Waals surface area contributed by atoms with Gasteiger partial charge in [0.1, 0.15) is 0 Å². The van der Waals surface area contributed by atoms with E-state index in [1.54, 1.807) is 5.57 Å². The first-order valence-electron chi connectivity index (χ1n) is 7.88. The fourth-order valence-electron chi connectivity index (χ4n) is 5.00. The number of allylic oxidation sites excluding steroid dienone is 4. The first kappa shape index (κ1) is 12.2. The molecule has 3 atom stereocenters. The third-order valence-corrected chi connectivity index (χ3v) is 6.11. The van der Waals surface area contributed by atoms with E-state index in [0.29, 0.717) is 0 Å². The fraction of sp³-hybridized carbons (Fsp3) is 0.765. The van der Waals surface area contributed by atoms with Crippen LogP contribution in [0.1, 0.15) is 45.4 Å². The van der Waals surface area contributed by atoms with Crippen molar-refractivity contribution in [2.24, 2.45) is 17.3 Å². The minimum absolute atomic E-state index is 0.197. The Bertz CT molecular complexity index is 431. The summed E-state index contributed by atoms with van der Waals surface area (Å²) in [4.78, 5) is 0. The molecule has 1 unspecified atom stereocenters. The zero-order valence-electron chi connectivity index (χ0n) is 11.9. The van der Waals surface area contributed by atoms with Gasteiger partial charge in [0, 0.05) is 11.8 Å². The van der Waals surface area contributed by atoms with Crippen molar-refractivity contribution in [1.82, 2.24) is 0 Å². The third-order valence-electron chi connectivity index (χ3n) is 6.11. The SMILES string of the molecule is C[C@@]12CC3CCC=C3/C=C\C[C@H]1CCC21OCCO1. The highest BCUT2D eigenvalue weighted by molar-refractivity contribution is 5.28. The Kier molecular flexibility index (Phi) is 2.69. The van der Waals surface area contributed by atoms with Gasteiger partial charge in [0.15, 0.2) is 5.79 Å². The predicted octanol–water partition coefficient (Wildman–Crippen LogP) is 3.83. The lowest BCUT2D eigenvalue weighted by Gasteiger charge is -2.45. The van der Waals surface area contributed by atoms with Crippen LogP contribution in [0.3, 0.4) is 0 Å². The van der Waals surface area contributed by atoms with Crippen molar-refractivity contribution in [3.8, 4) is 0 Å². The lowest BCUT2D eigenvalue weighted by Crippen LogP contribution is -2.47. The van der Waals surface area contributed by atoms with Crippen LogP contribution in [0.4, 0.5) is 0 Å². The number of rotatable bonds is 0. The van der Waals surface area contributed by atoms with Crippen LogP contribution in [-0.4, -0.2) is 19.0 Å². The third kappa shape index (κ3) is 1.62. The van der Waals surface area contributed by atoms with Crippen molar-refractivity contribution >= 4 is 0 Å². The Morgan fingerprint density at radius 2 is 2.05 bits per heavy atom. The van der Waals surface area contributed by atoms with E-state index >= 15 is 0 Å². The van der Waals surface area contributed by atoms with Gasteiger partial charge >= 0.3 is 0 Å². The Hall–Kier alpha value is -0.600. The molecule has 2 nitrogen and oxygen atoms in total. The van der Waals surface area contributed by atoms with Gasteiger partial charge < -0.3 is 9.47 Å². The minimum Gasteiger partial charge on any atom is -0.347 e. The molecule has 3 aliphatic carbocycles. The van der Waals surface area contributed by atoms with Crippen LogP contribution in [0.25, 0.3) is 0 Å². The molecule has 0 N–H and O–H groups in total. The first-order chi connectivity index (χ1) is 9.24. The van der Waals surface area contributed by atoms with E-state index in [1.165, 1.54) is 32.1 Å². The van der Waals surface area contributed by atoms with E-state index in [4.69, 9.17) is 9.47 Å². The molecule has 2 fully saturated rings. The zero-order chi connectivity index (χ0) is 12.9. The predicted molar refractivity (Wildman–Crippen MR) is 74.6 cm³/mol. The van der Waals surface area contributed by atoms with E-state index in [2.05, 4.69) is 25.2 Å². The summed E-state index contributed by atoms with van der Waals surface area (Å²) in [7, 11) is 0. The lowest BCUT2D eigenvalue weighted by molar-refractivity contribution is -0.229. The smallest absolute Gasteiger partial charge is 0.174 e. The Balaban J connectivity index is 1.72. The highest BCUT2D eigenvalue weighted by atomic mass is 16.7. The highest BCUT2D eigenvalue weighted by Crippen LogP contribution is 2.60. The van der Waals surface area contributed by atoms with Crippen LogP contribution < -0.4 is 0 Å². The highest BCUT2D eigenvalue weighted by Gasteiger charge is 2.61. The molecule has 0 amide bonds. The summed E-state index contributed by atoms with van der Waals surface area (Å²) in [6.45, 7) is 4.00. The van der Waals surface area contributed by atoms with Crippen LogP contribution in [0.15, 0.2) is 23.8 Å². The van der Waals surface area contributed by atoms with Gasteiger partial charge in [-0.1, -0.05) is 25.2 Å². The number of hydrogen-bond acceptors (Lipinski definition) is 2. The van der Waals surface area contributed by atoms with E-state index < -0.39 is 0 Å². The molecule has 0 aromatic heterocycles. The summed E-state index contributed by atoms with van der Waals surface area (Å²) in [6.07, 6.45) is 14.6. The Morgan fingerprint density at radius 1 is 1.21 bits per heavy atom. The van der Waals surface area contributed by atoms with Crippen LogP contribution >= 0.6 is 0 Å². The van der Waals surface area contributed by atoms with Crippen molar-refractivity contribution < 1.29 is 9.47 Å². The van der Waals surface area contributed by atoms with Crippen LogP contribution in [0.5, 0.6) is 0 Å². The van der Waals surface area contributed by atoms with Crippen molar-refractivity contribution in [3.05, 3.63) is 23.8 Å². The van der Waals surface area contributed by atoms with Gasteiger partial charge in [-0.15, -0.1) is 0 Å². The minimum atomic E-state index is -0.267. The summed E-state index contributed by atoms with van der Waals surface area (Å²) in [5.41, 5.74) is 1.77. The van der Waals surface area contributed by atoms with Gasteiger partial charge in [0.25, 0.3) is 0 Å². The molecule has 4 aliphatic rings. The van der Waals surface area contributed by atoms with Crippen molar-refractivity contribution in [1.29, 1.82) is 0 Å². The molecular weight excluding hydrogens is 236 g/mol. The van der Waals surface area contributed by atoms with Crippen LogP contribution in [0.2, 0.25) is 0 Å². The van der Waals surface area contributed by atoms with E-state index in [1.807, 2.05) is 0 Å². The molecule has 1 heterocycles. The second-order valence-electron chi connectivity index (χ2n) is 6.92. The quantitative estimate of drug-likeness (QED) is 0.659. The summed E-state index contributed by atoms with van der Waals surface area (Å²) >= 11 is 0. The molecule has 0 bridgehead atoms. The first-order valence-corrected chi connectivity index (χ1v) is 7.88. The maximum absolute atomic E-state index is 6.15. The molecule has 0 aromatic carbocycles. The number of hydrogen-bond donors (Lipinski definition) is 0. The summed E-state index contributed by atoms with van der Waals surface area (Å²) in [6, 6.07) is 0. The fourth-order valence-corrected chi connectivity index (χ4v) is 5.00. The lowest BCUT2D eigenvalue weighted by atomic mass is 9.67. The second-order valence-corrected chi connectivity index (χ2v) is 6.92.